The topological polar surface area (TPSA) is 30.5 Å². The maximum absolute atomic E-state index is 3.77. The van der Waals surface area contributed by atoms with Gasteiger partial charge in [0, 0.05) is 52.4 Å². The van der Waals surface area contributed by atoms with Crippen molar-refractivity contribution in [3.05, 3.63) is 48.6 Å². The van der Waals surface area contributed by atoms with Crippen LogP contribution in [0.4, 0.5) is 0 Å². The standard InChI is InChI=1S/C44H84N4/c1-3-5-7-9-11-13-15-17-19-21-23-25-27-29-31-33-35-45-36-40-47(43-44-48-41-37-46-38-42-48)39-34-32-30-28-26-24-22-20-18-16-14-12-10-8-6-4-2/h11-14,17-20,45-46H,3-10,15-16,21-44H2,1-2H3/b13-11-,14-12-,19-17-,20-18-. The van der Waals surface area contributed by atoms with E-state index in [4.69, 9.17) is 0 Å². The van der Waals surface area contributed by atoms with Crippen LogP contribution < -0.4 is 10.6 Å². The molecule has 0 aromatic rings. The molecule has 0 atom stereocenters. The minimum Gasteiger partial charge on any atom is -0.315 e. The van der Waals surface area contributed by atoms with E-state index < -0.39 is 0 Å². The van der Waals surface area contributed by atoms with Crippen molar-refractivity contribution in [2.75, 3.05) is 65.4 Å². The molecule has 2 N–H and O–H groups in total. The fraction of sp³-hybridized carbons (Fsp3) is 0.818. The number of piperazine rings is 1. The molecule has 280 valence electrons. The Morgan fingerprint density at radius 1 is 0.479 bits per heavy atom. The third kappa shape index (κ3) is 33.3. The molecule has 1 saturated heterocycles. The largest absolute Gasteiger partial charge is 0.315 e. The highest BCUT2D eigenvalue weighted by molar-refractivity contribution is 4.93. The number of hydrogen-bond acceptors (Lipinski definition) is 4. The van der Waals surface area contributed by atoms with Crippen molar-refractivity contribution in [3.63, 3.8) is 0 Å². The Labute approximate surface area is 301 Å². The highest BCUT2D eigenvalue weighted by Gasteiger charge is 2.11. The Bertz CT molecular complexity index is 736. The molecule has 1 aliphatic rings. The quantitative estimate of drug-likeness (QED) is 0.0514. The number of hydrogen-bond donors (Lipinski definition) is 2. The molecule has 1 heterocycles. The van der Waals surface area contributed by atoms with Crippen LogP contribution in [0.25, 0.3) is 0 Å². The fourth-order valence-electron chi connectivity index (χ4n) is 6.48. The van der Waals surface area contributed by atoms with E-state index >= 15 is 0 Å². The monoisotopic (exact) mass is 669 g/mol. The van der Waals surface area contributed by atoms with E-state index in [1.165, 1.54) is 187 Å². The molecule has 0 saturated carbocycles. The lowest BCUT2D eigenvalue weighted by atomic mass is 10.1. The minimum atomic E-state index is 1.11. The lowest BCUT2D eigenvalue weighted by molar-refractivity contribution is 0.186. The van der Waals surface area contributed by atoms with Gasteiger partial charge in [-0.15, -0.1) is 0 Å². The van der Waals surface area contributed by atoms with Crippen LogP contribution in [0.2, 0.25) is 0 Å². The summed E-state index contributed by atoms with van der Waals surface area (Å²) in [7, 11) is 0. The average Bonchev–Trinajstić information content (AvgIpc) is 3.11. The van der Waals surface area contributed by atoms with Gasteiger partial charge in [-0.2, -0.15) is 0 Å². The zero-order valence-electron chi connectivity index (χ0n) is 32.6. The van der Waals surface area contributed by atoms with Crippen molar-refractivity contribution in [1.29, 1.82) is 0 Å². The average molecular weight is 669 g/mol. The Balaban J connectivity index is 2.03. The van der Waals surface area contributed by atoms with Crippen molar-refractivity contribution in [3.8, 4) is 0 Å². The first-order valence-electron chi connectivity index (χ1n) is 21.3. The van der Waals surface area contributed by atoms with Gasteiger partial charge >= 0.3 is 0 Å². The first kappa shape index (κ1) is 44.8. The summed E-state index contributed by atoms with van der Waals surface area (Å²) >= 11 is 0. The first-order valence-corrected chi connectivity index (χ1v) is 21.3. The Morgan fingerprint density at radius 3 is 1.46 bits per heavy atom. The van der Waals surface area contributed by atoms with Gasteiger partial charge in [0.1, 0.15) is 0 Å². The normalized spacial score (nSPS) is 14.7. The number of nitrogens with one attached hydrogen (secondary N) is 2. The summed E-state index contributed by atoms with van der Waals surface area (Å²) in [6.45, 7) is 16.5. The highest BCUT2D eigenvalue weighted by Crippen LogP contribution is 2.10. The smallest absolute Gasteiger partial charge is 0.0110 e. The summed E-state index contributed by atoms with van der Waals surface area (Å²) in [5.41, 5.74) is 0. The van der Waals surface area contributed by atoms with Crippen LogP contribution in [0, 0.1) is 0 Å². The molecule has 0 unspecified atom stereocenters. The maximum Gasteiger partial charge on any atom is 0.0110 e. The number of allylic oxidation sites excluding steroid dienone is 8. The molecule has 0 aromatic carbocycles. The molecule has 0 radical (unpaired) electrons. The van der Waals surface area contributed by atoms with Crippen molar-refractivity contribution >= 4 is 0 Å². The number of rotatable bonds is 36. The van der Waals surface area contributed by atoms with Gasteiger partial charge in [0.05, 0.1) is 0 Å². The Hall–Kier alpha value is -1.20. The summed E-state index contributed by atoms with van der Waals surface area (Å²) in [5, 5.41) is 7.27. The molecule has 1 fully saturated rings. The van der Waals surface area contributed by atoms with Gasteiger partial charge in [0.25, 0.3) is 0 Å². The second-order valence-corrected chi connectivity index (χ2v) is 14.4. The summed E-state index contributed by atoms with van der Waals surface area (Å²) in [6.07, 6.45) is 50.8. The number of unbranched alkanes of at least 4 members (excludes halogenated alkanes) is 18. The zero-order chi connectivity index (χ0) is 34.3. The molecule has 0 spiro atoms. The van der Waals surface area contributed by atoms with Crippen LogP contribution in [0.15, 0.2) is 48.6 Å². The molecule has 0 bridgehead atoms. The summed E-state index contributed by atoms with van der Waals surface area (Å²) in [5.74, 6) is 0. The van der Waals surface area contributed by atoms with Crippen LogP contribution in [0.3, 0.4) is 0 Å². The van der Waals surface area contributed by atoms with E-state index in [2.05, 4.69) is 82.9 Å². The number of nitrogens with zero attached hydrogens (tertiary/aromatic N) is 2. The van der Waals surface area contributed by atoms with Crippen molar-refractivity contribution < 1.29 is 0 Å². The predicted molar refractivity (Wildman–Crippen MR) is 217 cm³/mol. The first-order chi connectivity index (χ1) is 23.9. The lowest BCUT2D eigenvalue weighted by Gasteiger charge is -2.30. The lowest BCUT2D eigenvalue weighted by Crippen LogP contribution is -2.47. The van der Waals surface area contributed by atoms with Gasteiger partial charge in [0.2, 0.25) is 0 Å². The molecular weight excluding hydrogens is 585 g/mol. The Morgan fingerprint density at radius 2 is 0.938 bits per heavy atom. The van der Waals surface area contributed by atoms with Crippen LogP contribution in [0.5, 0.6) is 0 Å². The molecule has 48 heavy (non-hydrogen) atoms. The molecule has 0 aromatic heterocycles. The van der Waals surface area contributed by atoms with Gasteiger partial charge in [-0.05, 0) is 90.1 Å². The van der Waals surface area contributed by atoms with Gasteiger partial charge in [0.15, 0.2) is 0 Å². The van der Waals surface area contributed by atoms with Crippen molar-refractivity contribution in [2.45, 2.75) is 168 Å². The molecule has 1 aliphatic heterocycles. The highest BCUT2D eigenvalue weighted by atomic mass is 15.2. The molecule has 0 aliphatic carbocycles. The van der Waals surface area contributed by atoms with Crippen LogP contribution in [0.1, 0.15) is 168 Å². The van der Waals surface area contributed by atoms with Gasteiger partial charge < -0.3 is 15.5 Å². The second kappa shape index (κ2) is 38.6. The third-order valence-corrected chi connectivity index (χ3v) is 9.78. The van der Waals surface area contributed by atoms with Gasteiger partial charge in [-0.1, -0.05) is 140 Å². The second-order valence-electron chi connectivity index (χ2n) is 14.4. The summed E-state index contributed by atoms with van der Waals surface area (Å²) < 4.78 is 0. The molecule has 0 amide bonds. The SMILES string of the molecule is CCCCC/C=C\C/C=C\CCCCCCCCNCCN(CCCCCCCC/C=C\C/C=C\CCCCC)CCN1CCNCC1. The predicted octanol–water partition coefficient (Wildman–Crippen LogP) is 11.4. The van der Waals surface area contributed by atoms with E-state index in [0.717, 1.165) is 32.5 Å². The summed E-state index contributed by atoms with van der Waals surface area (Å²) in [6, 6.07) is 0. The molecule has 1 rings (SSSR count). The van der Waals surface area contributed by atoms with E-state index in [0.29, 0.717) is 0 Å². The van der Waals surface area contributed by atoms with Crippen LogP contribution in [-0.2, 0) is 0 Å². The van der Waals surface area contributed by atoms with Crippen molar-refractivity contribution in [1.82, 2.24) is 20.4 Å². The molecular formula is C44H84N4. The van der Waals surface area contributed by atoms with E-state index in [9.17, 15) is 0 Å². The van der Waals surface area contributed by atoms with E-state index in [1.807, 2.05) is 0 Å². The molecule has 4 heteroatoms. The van der Waals surface area contributed by atoms with Crippen LogP contribution in [-0.4, -0.2) is 75.2 Å². The fourth-order valence-corrected chi connectivity index (χ4v) is 6.48. The summed E-state index contributed by atoms with van der Waals surface area (Å²) in [4.78, 5) is 5.40. The van der Waals surface area contributed by atoms with E-state index in [-0.39, 0.29) is 0 Å². The minimum absolute atomic E-state index is 1.11. The third-order valence-electron chi connectivity index (χ3n) is 9.78. The van der Waals surface area contributed by atoms with Crippen LogP contribution >= 0.6 is 0 Å². The maximum atomic E-state index is 3.77. The van der Waals surface area contributed by atoms with Crippen molar-refractivity contribution in [2.24, 2.45) is 0 Å². The van der Waals surface area contributed by atoms with Gasteiger partial charge in [-0.25, -0.2) is 0 Å². The Kier molecular flexibility index (Phi) is 36.0. The van der Waals surface area contributed by atoms with E-state index in [1.54, 1.807) is 0 Å². The molecule has 4 nitrogen and oxygen atoms in total. The zero-order valence-corrected chi connectivity index (χ0v) is 32.6. The van der Waals surface area contributed by atoms with Gasteiger partial charge in [-0.3, -0.25) is 4.90 Å².